The number of alkyl halides is 3. The summed E-state index contributed by atoms with van der Waals surface area (Å²) < 4.78 is 36.7. The van der Waals surface area contributed by atoms with Crippen LogP contribution in [0, 0.1) is 0 Å². The Balaban J connectivity index is 4.12. The van der Waals surface area contributed by atoms with Gasteiger partial charge in [0.05, 0.1) is 0 Å². The maximum atomic E-state index is 12.2. The van der Waals surface area contributed by atoms with Crippen molar-refractivity contribution in [2.24, 2.45) is 11.5 Å². The number of carbonyl (C=O) groups is 2. The lowest BCUT2D eigenvalue weighted by molar-refractivity contribution is -0.187. The molecule has 0 saturated carbocycles. The highest BCUT2D eigenvalue weighted by atomic mass is 19.4. The topological polar surface area (TPSA) is 110 Å². The molecule has 0 heterocycles. The Kier molecular flexibility index (Phi) is 4.54. The molecule has 0 spiro atoms. The summed E-state index contributed by atoms with van der Waals surface area (Å²) in [5.74, 6) is -1.37. The zero-order chi connectivity index (χ0) is 13.0. The minimum atomic E-state index is -4.84. The predicted octanol–water partition coefficient (Wildman–Crippen LogP) is -0.949. The smallest absolute Gasteiger partial charge is 0.352 e. The fraction of sp³-hybridized carbons (Fsp3) is 0.714. The average Bonchev–Trinajstić information content (AvgIpc) is 2.09. The molecule has 0 saturated heterocycles. The van der Waals surface area contributed by atoms with E-state index in [0.29, 0.717) is 6.92 Å². The zero-order valence-corrected chi connectivity index (χ0v) is 8.52. The zero-order valence-electron chi connectivity index (χ0n) is 8.52. The van der Waals surface area contributed by atoms with Crippen LogP contribution < -0.4 is 22.1 Å². The molecule has 3 amide bonds. The van der Waals surface area contributed by atoms with Crippen LogP contribution >= 0.6 is 0 Å². The highest BCUT2D eigenvalue weighted by molar-refractivity contribution is 5.86. The molecule has 0 aromatic rings. The molecule has 0 fully saturated rings. The molecule has 0 aliphatic rings. The Bertz CT molecular complexity index is 277. The third kappa shape index (κ3) is 3.93. The highest BCUT2D eigenvalue weighted by Gasteiger charge is 2.53. The summed E-state index contributed by atoms with van der Waals surface area (Å²) in [4.78, 5) is 21.2. The van der Waals surface area contributed by atoms with Crippen molar-refractivity contribution < 1.29 is 22.8 Å². The monoisotopic (exact) mass is 242 g/mol. The van der Waals surface area contributed by atoms with Crippen LogP contribution in [0.2, 0.25) is 0 Å². The van der Waals surface area contributed by atoms with Crippen LogP contribution in [-0.2, 0) is 4.79 Å². The molecule has 0 bridgehead atoms. The van der Waals surface area contributed by atoms with Gasteiger partial charge in [-0.1, -0.05) is 0 Å². The summed E-state index contributed by atoms with van der Waals surface area (Å²) in [6.07, 6.45) is -4.84. The van der Waals surface area contributed by atoms with Crippen molar-refractivity contribution in [3.63, 3.8) is 0 Å². The van der Waals surface area contributed by atoms with Gasteiger partial charge in [0.1, 0.15) is 0 Å². The first kappa shape index (κ1) is 14.5. The van der Waals surface area contributed by atoms with Crippen LogP contribution in [0.3, 0.4) is 0 Å². The summed E-state index contributed by atoms with van der Waals surface area (Å²) in [7, 11) is 0. The van der Waals surface area contributed by atoms with E-state index < -0.39 is 23.7 Å². The van der Waals surface area contributed by atoms with Crippen molar-refractivity contribution in [3.05, 3.63) is 0 Å². The van der Waals surface area contributed by atoms with E-state index in [1.165, 1.54) is 0 Å². The second-order valence-corrected chi connectivity index (χ2v) is 3.25. The van der Waals surface area contributed by atoms with Gasteiger partial charge in [0.15, 0.2) is 5.54 Å². The molecule has 16 heavy (non-hydrogen) atoms. The summed E-state index contributed by atoms with van der Waals surface area (Å²) in [5.41, 5.74) is 6.57. The van der Waals surface area contributed by atoms with Gasteiger partial charge in [-0.2, -0.15) is 13.2 Å². The van der Waals surface area contributed by atoms with E-state index >= 15 is 0 Å². The number of hydrogen-bond acceptors (Lipinski definition) is 3. The number of urea groups is 1. The van der Waals surface area contributed by atoms with Gasteiger partial charge in [0.25, 0.3) is 0 Å². The van der Waals surface area contributed by atoms with Crippen LogP contribution in [0.1, 0.15) is 6.92 Å². The standard InChI is InChI=1S/C7H13F3N4O2/c1-6(12,7(8,9)10)4(15)13-2-3-14-5(11)16/h2-3,12H2,1H3,(H,13,15)(H3,11,14,16). The number of nitrogens with two attached hydrogens (primary N) is 2. The van der Waals surface area contributed by atoms with Crippen LogP contribution in [0.25, 0.3) is 0 Å². The molecule has 1 unspecified atom stereocenters. The fourth-order valence-corrected chi connectivity index (χ4v) is 0.674. The minimum absolute atomic E-state index is 0.0744. The molecule has 6 N–H and O–H groups in total. The van der Waals surface area contributed by atoms with E-state index in [4.69, 9.17) is 11.5 Å². The number of hydrogen-bond donors (Lipinski definition) is 4. The summed E-state index contributed by atoms with van der Waals surface area (Å²) >= 11 is 0. The largest absolute Gasteiger partial charge is 0.415 e. The average molecular weight is 242 g/mol. The van der Waals surface area contributed by atoms with E-state index in [9.17, 15) is 22.8 Å². The van der Waals surface area contributed by atoms with Crippen LogP contribution in [0.4, 0.5) is 18.0 Å². The molecule has 0 aliphatic carbocycles. The van der Waals surface area contributed by atoms with Crippen LogP contribution in [0.5, 0.6) is 0 Å². The summed E-state index contributed by atoms with van der Waals surface area (Å²) in [6.45, 7) is 0.295. The third-order valence-corrected chi connectivity index (χ3v) is 1.77. The molecule has 6 nitrogen and oxygen atoms in total. The van der Waals surface area contributed by atoms with E-state index in [-0.39, 0.29) is 13.1 Å². The molecule has 0 radical (unpaired) electrons. The number of halogens is 3. The lowest BCUT2D eigenvalue weighted by atomic mass is 10.0. The second-order valence-electron chi connectivity index (χ2n) is 3.25. The van der Waals surface area contributed by atoms with Gasteiger partial charge in [-0.15, -0.1) is 0 Å². The van der Waals surface area contributed by atoms with Crippen molar-refractivity contribution in [2.75, 3.05) is 13.1 Å². The Morgan fingerprint density at radius 3 is 2.00 bits per heavy atom. The molecule has 0 aromatic heterocycles. The lowest BCUT2D eigenvalue weighted by Gasteiger charge is -2.26. The van der Waals surface area contributed by atoms with Gasteiger partial charge >= 0.3 is 12.2 Å². The Hall–Kier alpha value is -1.51. The first-order chi connectivity index (χ1) is 7.09. The van der Waals surface area contributed by atoms with E-state index in [0.717, 1.165) is 0 Å². The van der Waals surface area contributed by atoms with Gasteiger partial charge in [-0.25, -0.2) is 4.79 Å². The molecule has 94 valence electrons. The van der Waals surface area contributed by atoms with Gasteiger partial charge in [-0.05, 0) is 6.92 Å². The molecule has 9 heteroatoms. The first-order valence-electron chi connectivity index (χ1n) is 4.26. The van der Waals surface area contributed by atoms with Gasteiger partial charge in [-0.3, -0.25) is 4.79 Å². The van der Waals surface area contributed by atoms with Gasteiger partial charge in [0, 0.05) is 13.1 Å². The molecule has 1 atom stereocenters. The van der Waals surface area contributed by atoms with Gasteiger partial charge < -0.3 is 22.1 Å². The summed E-state index contributed by atoms with van der Waals surface area (Å²) in [6, 6.07) is -0.833. The van der Waals surface area contributed by atoms with Crippen molar-refractivity contribution >= 4 is 11.9 Å². The van der Waals surface area contributed by atoms with Crippen molar-refractivity contribution in [3.8, 4) is 0 Å². The maximum Gasteiger partial charge on any atom is 0.415 e. The number of rotatable bonds is 4. The molecular weight excluding hydrogens is 229 g/mol. The van der Waals surface area contributed by atoms with Crippen molar-refractivity contribution in [1.29, 1.82) is 0 Å². The number of primary amides is 1. The molecule has 0 rings (SSSR count). The normalized spacial score (nSPS) is 15.1. The summed E-state index contributed by atoms with van der Waals surface area (Å²) in [5, 5.41) is 4.02. The van der Waals surface area contributed by atoms with Gasteiger partial charge in [0.2, 0.25) is 5.91 Å². The highest BCUT2D eigenvalue weighted by Crippen LogP contribution is 2.27. The molecule has 0 aromatic carbocycles. The van der Waals surface area contributed by atoms with Crippen molar-refractivity contribution in [1.82, 2.24) is 10.6 Å². The molecular formula is C7H13F3N4O2. The number of nitrogens with one attached hydrogen (secondary N) is 2. The third-order valence-electron chi connectivity index (χ3n) is 1.77. The molecule has 0 aliphatic heterocycles. The fourth-order valence-electron chi connectivity index (χ4n) is 0.674. The number of carbonyl (C=O) groups excluding carboxylic acids is 2. The van der Waals surface area contributed by atoms with Crippen molar-refractivity contribution in [2.45, 2.75) is 18.6 Å². The maximum absolute atomic E-state index is 12.2. The predicted molar refractivity (Wildman–Crippen MR) is 49.2 cm³/mol. The Morgan fingerprint density at radius 1 is 1.19 bits per heavy atom. The second kappa shape index (κ2) is 5.01. The van der Waals surface area contributed by atoms with Crippen LogP contribution in [0.15, 0.2) is 0 Å². The Labute approximate surface area is 89.5 Å². The minimum Gasteiger partial charge on any atom is -0.352 e. The Morgan fingerprint density at radius 2 is 1.62 bits per heavy atom. The SMILES string of the molecule is CC(N)(C(=O)NCCNC(N)=O)C(F)(F)F. The van der Waals surface area contributed by atoms with E-state index in [2.05, 4.69) is 5.32 Å². The quantitative estimate of drug-likeness (QED) is 0.477. The van der Waals surface area contributed by atoms with E-state index in [1.54, 1.807) is 0 Å². The first-order valence-corrected chi connectivity index (χ1v) is 4.26. The van der Waals surface area contributed by atoms with E-state index in [1.807, 2.05) is 5.32 Å². The lowest BCUT2D eigenvalue weighted by Crippen LogP contribution is -2.61. The number of amides is 3. The van der Waals surface area contributed by atoms with Crippen LogP contribution in [-0.4, -0.2) is 36.7 Å².